The largest absolute Gasteiger partial charge is 0.467 e. The quantitative estimate of drug-likeness (QED) is 0.788. The van der Waals surface area contributed by atoms with Gasteiger partial charge in [-0.3, -0.25) is 4.79 Å². The summed E-state index contributed by atoms with van der Waals surface area (Å²) in [6.07, 6.45) is 1.98. The van der Waals surface area contributed by atoms with Gasteiger partial charge < -0.3 is 9.73 Å². The summed E-state index contributed by atoms with van der Waals surface area (Å²) in [5.74, 6) is 0.760. The fourth-order valence-electron chi connectivity index (χ4n) is 2.44. The van der Waals surface area contributed by atoms with Crippen LogP contribution in [-0.4, -0.2) is 5.91 Å². The Bertz CT molecular complexity index is 747. The Morgan fingerprint density at radius 2 is 1.90 bits per heavy atom. The Labute approximate surface area is 123 Å². The number of rotatable bonds is 4. The first-order valence-corrected chi connectivity index (χ1v) is 7.03. The van der Waals surface area contributed by atoms with Gasteiger partial charge in [0.2, 0.25) is 5.91 Å². The summed E-state index contributed by atoms with van der Waals surface area (Å²) >= 11 is 0. The van der Waals surface area contributed by atoms with E-state index < -0.39 is 0 Å². The molecule has 0 aliphatic rings. The van der Waals surface area contributed by atoms with Crippen LogP contribution in [0.2, 0.25) is 0 Å². The number of fused-ring (bicyclic) bond motifs is 1. The van der Waals surface area contributed by atoms with Crippen molar-refractivity contribution in [2.75, 3.05) is 0 Å². The molecule has 1 amide bonds. The van der Waals surface area contributed by atoms with Gasteiger partial charge in [0, 0.05) is 0 Å². The van der Waals surface area contributed by atoms with E-state index in [9.17, 15) is 4.79 Å². The number of carbonyl (C=O) groups is 1. The molecule has 0 saturated heterocycles. The molecule has 1 atom stereocenters. The first-order chi connectivity index (χ1) is 10.2. The minimum Gasteiger partial charge on any atom is -0.467 e. The molecule has 1 aromatic heterocycles. The van der Waals surface area contributed by atoms with Gasteiger partial charge >= 0.3 is 0 Å². The van der Waals surface area contributed by atoms with Gasteiger partial charge in [0.25, 0.3) is 0 Å². The smallest absolute Gasteiger partial charge is 0.224 e. The summed E-state index contributed by atoms with van der Waals surface area (Å²) < 4.78 is 5.29. The minimum absolute atomic E-state index is 0.00539. The molecule has 106 valence electrons. The first-order valence-electron chi connectivity index (χ1n) is 7.03. The van der Waals surface area contributed by atoms with Crippen LogP contribution in [0.1, 0.15) is 24.3 Å². The van der Waals surface area contributed by atoms with Gasteiger partial charge in [-0.2, -0.15) is 0 Å². The van der Waals surface area contributed by atoms with Gasteiger partial charge in [-0.15, -0.1) is 0 Å². The van der Waals surface area contributed by atoms with E-state index in [-0.39, 0.29) is 11.9 Å². The Hall–Kier alpha value is -2.55. The summed E-state index contributed by atoms with van der Waals surface area (Å²) in [6, 6.07) is 17.8. The highest BCUT2D eigenvalue weighted by Gasteiger charge is 2.12. The van der Waals surface area contributed by atoms with Crippen LogP contribution in [0, 0.1) is 0 Å². The molecule has 3 heteroatoms. The predicted molar refractivity (Wildman–Crippen MR) is 82.9 cm³/mol. The van der Waals surface area contributed by atoms with Crippen LogP contribution in [0.3, 0.4) is 0 Å². The number of furan rings is 1. The maximum Gasteiger partial charge on any atom is 0.224 e. The van der Waals surface area contributed by atoms with E-state index in [0.717, 1.165) is 16.7 Å². The average Bonchev–Trinajstić information content (AvgIpc) is 3.01. The second kappa shape index (κ2) is 5.83. The standard InChI is InChI=1S/C18H17NO2/c1-13(17-7-4-10-21-17)19-18(20)12-14-8-9-15-5-2-3-6-16(15)11-14/h2-11,13H,12H2,1H3,(H,19,20)/t13-/m0/s1. The summed E-state index contributed by atoms with van der Waals surface area (Å²) in [4.78, 5) is 12.1. The number of nitrogens with one attached hydrogen (secondary N) is 1. The SMILES string of the molecule is C[C@H](NC(=O)Cc1ccc2ccccc2c1)c1ccco1. The van der Waals surface area contributed by atoms with E-state index >= 15 is 0 Å². The fourth-order valence-corrected chi connectivity index (χ4v) is 2.44. The molecule has 0 fully saturated rings. The molecule has 0 spiro atoms. The zero-order chi connectivity index (χ0) is 14.7. The molecule has 0 radical (unpaired) electrons. The van der Waals surface area contributed by atoms with Gasteiger partial charge in [-0.25, -0.2) is 0 Å². The van der Waals surface area contributed by atoms with Crippen molar-refractivity contribution in [2.45, 2.75) is 19.4 Å². The van der Waals surface area contributed by atoms with E-state index in [1.54, 1.807) is 6.26 Å². The molecule has 0 saturated carbocycles. The van der Waals surface area contributed by atoms with Crippen molar-refractivity contribution < 1.29 is 9.21 Å². The lowest BCUT2D eigenvalue weighted by Gasteiger charge is -2.11. The van der Waals surface area contributed by atoms with E-state index in [4.69, 9.17) is 4.42 Å². The molecule has 3 aromatic rings. The van der Waals surface area contributed by atoms with E-state index in [1.807, 2.05) is 43.3 Å². The van der Waals surface area contributed by atoms with Gasteiger partial charge in [-0.1, -0.05) is 42.5 Å². The van der Waals surface area contributed by atoms with Gasteiger partial charge in [0.05, 0.1) is 18.7 Å². The van der Waals surface area contributed by atoms with Gasteiger partial charge in [0.15, 0.2) is 0 Å². The Kier molecular flexibility index (Phi) is 3.73. The highest BCUT2D eigenvalue weighted by atomic mass is 16.3. The Morgan fingerprint density at radius 1 is 1.10 bits per heavy atom. The number of amides is 1. The van der Waals surface area contributed by atoms with Crippen molar-refractivity contribution in [3.63, 3.8) is 0 Å². The molecule has 3 nitrogen and oxygen atoms in total. The van der Waals surface area contributed by atoms with E-state index in [0.29, 0.717) is 6.42 Å². The first kappa shape index (κ1) is 13.4. The average molecular weight is 279 g/mol. The van der Waals surface area contributed by atoms with Crippen molar-refractivity contribution in [3.8, 4) is 0 Å². The molecule has 1 N–H and O–H groups in total. The highest BCUT2D eigenvalue weighted by Crippen LogP contribution is 2.17. The topological polar surface area (TPSA) is 42.2 Å². The second-order valence-electron chi connectivity index (χ2n) is 5.16. The zero-order valence-corrected chi connectivity index (χ0v) is 11.9. The number of hydrogen-bond donors (Lipinski definition) is 1. The molecule has 3 rings (SSSR count). The molecule has 21 heavy (non-hydrogen) atoms. The van der Waals surface area contributed by atoms with Crippen molar-refractivity contribution >= 4 is 16.7 Å². The van der Waals surface area contributed by atoms with Crippen LogP contribution in [0.5, 0.6) is 0 Å². The fraction of sp³-hybridized carbons (Fsp3) is 0.167. The van der Waals surface area contributed by atoms with Crippen LogP contribution < -0.4 is 5.32 Å². The molecule has 1 heterocycles. The molecule has 0 bridgehead atoms. The lowest BCUT2D eigenvalue weighted by atomic mass is 10.0. The molecular weight excluding hydrogens is 262 g/mol. The summed E-state index contributed by atoms with van der Waals surface area (Å²) in [6.45, 7) is 1.91. The monoisotopic (exact) mass is 279 g/mol. The van der Waals surface area contributed by atoms with E-state index in [2.05, 4.69) is 23.5 Å². The van der Waals surface area contributed by atoms with Gasteiger partial charge in [-0.05, 0) is 35.4 Å². The zero-order valence-electron chi connectivity index (χ0n) is 11.9. The van der Waals surface area contributed by atoms with Crippen LogP contribution in [-0.2, 0) is 11.2 Å². The molecule has 2 aromatic carbocycles. The lowest BCUT2D eigenvalue weighted by Crippen LogP contribution is -2.27. The predicted octanol–water partition coefficient (Wildman–Crippen LogP) is 3.85. The second-order valence-corrected chi connectivity index (χ2v) is 5.16. The van der Waals surface area contributed by atoms with Crippen molar-refractivity contribution in [2.24, 2.45) is 0 Å². The van der Waals surface area contributed by atoms with Crippen LogP contribution in [0.25, 0.3) is 10.8 Å². The van der Waals surface area contributed by atoms with Crippen LogP contribution in [0.15, 0.2) is 65.3 Å². The summed E-state index contributed by atoms with van der Waals surface area (Å²) in [5, 5.41) is 5.29. The maximum absolute atomic E-state index is 12.1. The molecule has 0 unspecified atom stereocenters. The van der Waals surface area contributed by atoms with Crippen LogP contribution >= 0.6 is 0 Å². The molecular formula is C18H17NO2. The Balaban J connectivity index is 1.68. The molecule has 0 aliphatic heterocycles. The van der Waals surface area contributed by atoms with Gasteiger partial charge in [0.1, 0.15) is 5.76 Å². The minimum atomic E-state index is -0.118. The third-order valence-electron chi connectivity index (χ3n) is 3.53. The number of carbonyl (C=O) groups excluding carboxylic acids is 1. The normalized spacial score (nSPS) is 12.2. The van der Waals surface area contributed by atoms with Crippen molar-refractivity contribution in [3.05, 3.63) is 72.2 Å². The third-order valence-corrected chi connectivity index (χ3v) is 3.53. The number of benzene rings is 2. The van der Waals surface area contributed by atoms with Crippen LogP contribution in [0.4, 0.5) is 0 Å². The highest BCUT2D eigenvalue weighted by molar-refractivity contribution is 5.85. The van der Waals surface area contributed by atoms with E-state index in [1.165, 1.54) is 5.39 Å². The molecule has 0 aliphatic carbocycles. The summed E-state index contributed by atoms with van der Waals surface area (Å²) in [7, 11) is 0. The number of hydrogen-bond acceptors (Lipinski definition) is 2. The van der Waals surface area contributed by atoms with Crippen molar-refractivity contribution in [1.29, 1.82) is 0 Å². The third kappa shape index (κ3) is 3.14. The van der Waals surface area contributed by atoms with Crippen molar-refractivity contribution in [1.82, 2.24) is 5.32 Å². The lowest BCUT2D eigenvalue weighted by molar-refractivity contribution is -0.121. The summed E-state index contributed by atoms with van der Waals surface area (Å²) in [5.41, 5.74) is 1.01. The maximum atomic E-state index is 12.1. The Morgan fingerprint density at radius 3 is 2.67 bits per heavy atom.